The Morgan fingerprint density at radius 3 is 2.73 bits per heavy atom. The van der Waals surface area contributed by atoms with Crippen molar-refractivity contribution >= 4 is 23.0 Å². The highest BCUT2D eigenvalue weighted by atomic mass is 16.8. The molecule has 0 bridgehead atoms. The number of imidazole rings is 1. The number of para-hydroxylation sites is 2. The van der Waals surface area contributed by atoms with Gasteiger partial charge in [-0.1, -0.05) is 36.4 Å². The van der Waals surface area contributed by atoms with E-state index in [1.54, 1.807) is 6.08 Å². The number of rotatable bonds is 6. The quantitative estimate of drug-likeness (QED) is 0.477. The van der Waals surface area contributed by atoms with Gasteiger partial charge >= 0.3 is 0 Å². The lowest BCUT2D eigenvalue weighted by atomic mass is 9.94. The maximum atomic E-state index is 12.0. The third kappa shape index (κ3) is 3.88. The molecule has 2 aromatic carbocycles. The van der Waals surface area contributed by atoms with E-state index in [0.29, 0.717) is 6.61 Å². The molecule has 1 aromatic heterocycles. The molecule has 6 heteroatoms. The zero-order chi connectivity index (χ0) is 20.4. The second kappa shape index (κ2) is 8.05. The van der Waals surface area contributed by atoms with Crippen molar-refractivity contribution in [3.8, 4) is 0 Å². The maximum absolute atomic E-state index is 12.0. The summed E-state index contributed by atoms with van der Waals surface area (Å²) in [6, 6.07) is 16.5. The number of H-pyrrole nitrogens is 1. The van der Waals surface area contributed by atoms with E-state index in [1.807, 2.05) is 30.3 Å². The summed E-state index contributed by atoms with van der Waals surface area (Å²) in [6.45, 7) is 0.679. The summed E-state index contributed by atoms with van der Waals surface area (Å²) in [4.78, 5) is 25.6. The molecule has 1 saturated heterocycles. The van der Waals surface area contributed by atoms with E-state index in [9.17, 15) is 4.79 Å². The standard InChI is InChI=1S/C24H25N3O3/c28-21(27-30-22-7-3-4-16-29-22)13-10-17-8-11-18(12-9-17)24(14-15-24)23-25-19-5-1-2-6-20(19)26-23/h1-2,5-6,8-13,22H,3-4,7,14-16H2,(H,25,26)(H,27,28). The summed E-state index contributed by atoms with van der Waals surface area (Å²) in [6.07, 6.45) is 7.99. The van der Waals surface area contributed by atoms with Crippen LogP contribution in [0.15, 0.2) is 54.6 Å². The summed E-state index contributed by atoms with van der Waals surface area (Å²) < 4.78 is 5.43. The van der Waals surface area contributed by atoms with Crippen molar-refractivity contribution in [2.45, 2.75) is 43.8 Å². The minimum atomic E-state index is -0.344. The summed E-state index contributed by atoms with van der Waals surface area (Å²) in [5.74, 6) is 0.739. The average molecular weight is 403 g/mol. The van der Waals surface area contributed by atoms with Crippen molar-refractivity contribution in [1.29, 1.82) is 0 Å². The van der Waals surface area contributed by atoms with Gasteiger partial charge in [-0.3, -0.25) is 4.79 Å². The molecule has 2 fully saturated rings. The van der Waals surface area contributed by atoms with Crippen LogP contribution in [0.25, 0.3) is 17.1 Å². The number of aromatic nitrogens is 2. The number of hydrogen-bond donors (Lipinski definition) is 2. The zero-order valence-electron chi connectivity index (χ0n) is 16.8. The molecule has 2 aliphatic rings. The molecule has 1 aliphatic carbocycles. The average Bonchev–Trinajstić information content (AvgIpc) is 3.49. The van der Waals surface area contributed by atoms with Crippen LogP contribution < -0.4 is 5.48 Å². The number of amides is 1. The Bertz CT molecular complexity index is 1030. The second-order valence-corrected chi connectivity index (χ2v) is 8.02. The highest BCUT2D eigenvalue weighted by Crippen LogP contribution is 2.52. The topological polar surface area (TPSA) is 76.2 Å². The van der Waals surface area contributed by atoms with Gasteiger partial charge < -0.3 is 9.72 Å². The van der Waals surface area contributed by atoms with Crippen LogP contribution in [0.5, 0.6) is 0 Å². The molecule has 6 nitrogen and oxygen atoms in total. The molecule has 1 atom stereocenters. The third-order valence-electron chi connectivity index (χ3n) is 5.91. The predicted molar refractivity (Wildman–Crippen MR) is 114 cm³/mol. The number of nitrogens with one attached hydrogen (secondary N) is 2. The lowest BCUT2D eigenvalue weighted by Crippen LogP contribution is -2.32. The first-order valence-electron chi connectivity index (χ1n) is 10.5. The third-order valence-corrected chi connectivity index (χ3v) is 5.91. The van der Waals surface area contributed by atoms with E-state index >= 15 is 0 Å². The van der Waals surface area contributed by atoms with Crippen LogP contribution in [0.1, 0.15) is 49.1 Å². The van der Waals surface area contributed by atoms with E-state index in [1.165, 1.54) is 11.6 Å². The molecule has 154 valence electrons. The van der Waals surface area contributed by atoms with Gasteiger partial charge in [0.05, 0.1) is 16.4 Å². The number of carbonyl (C=O) groups is 1. The number of fused-ring (bicyclic) bond motifs is 1. The molecule has 1 amide bonds. The summed E-state index contributed by atoms with van der Waals surface area (Å²) in [5, 5.41) is 0. The van der Waals surface area contributed by atoms with Crippen molar-refractivity contribution in [2.24, 2.45) is 0 Å². The number of aromatic amines is 1. The zero-order valence-corrected chi connectivity index (χ0v) is 16.8. The number of nitrogens with zero attached hydrogens (tertiary/aromatic N) is 1. The van der Waals surface area contributed by atoms with Gasteiger partial charge in [-0.25, -0.2) is 15.3 Å². The largest absolute Gasteiger partial charge is 0.350 e. The van der Waals surface area contributed by atoms with Crippen LogP contribution in [0, 0.1) is 0 Å². The SMILES string of the molecule is O=C(C=Cc1ccc(C2(c3nc4ccccc4[nH]3)CC2)cc1)NOC1CCCCO1. The molecule has 2 N–H and O–H groups in total. The van der Waals surface area contributed by atoms with Crippen LogP contribution in [0.3, 0.4) is 0 Å². The van der Waals surface area contributed by atoms with E-state index in [0.717, 1.165) is 54.5 Å². The van der Waals surface area contributed by atoms with E-state index in [4.69, 9.17) is 14.6 Å². The first-order chi connectivity index (χ1) is 14.7. The molecule has 0 spiro atoms. The first-order valence-corrected chi connectivity index (χ1v) is 10.5. The van der Waals surface area contributed by atoms with Crippen LogP contribution in [-0.4, -0.2) is 28.8 Å². The fourth-order valence-corrected chi connectivity index (χ4v) is 4.01. The Kier molecular flexibility index (Phi) is 5.11. The maximum Gasteiger partial charge on any atom is 0.267 e. The van der Waals surface area contributed by atoms with Crippen molar-refractivity contribution < 1.29 is 14.4 Å². The molecule has 0 radical (unpaired) electrons. The molecule has 1 aliphatic heterocycles. The Balaban J connectivity index is 1.23. The predicted octanol–water partition coefficient (Wildman–Crippen LogP) is 4.23. The lowest BCUT2D eigenvalue weighted by Gasteiger charge is -2.21. The number of carbonyl (C=O) groups excluding carboxylic acids is 1. The minimum absolute atomic E-state index is 0.0214. The first kappa shape index (κ1) is 19.0. The van der Waals surface area contributed by atoms with Crippen molar-refractivity contribution in [1.82, 2.24) is 15.4 Å². The Morgan fingerprint density at radius 2 is 2.00 bits per heavy atom. The molecular weight excluding hydrogens is 378 g/mol. The van der Waals surface area contributed by atoms with E-state index in [-0.39, 0.29) is 17.6 Å². The Hall–Kier alpha value is -2.96. The number of hydroxylamine groups is 1. The van der Waals surface area contributed by atoms with Gasteiger partial charge in [0, 0.05) is 19.1 Å². The van der Waals surface area contributed by atoms with Crippen LogP contribution in [0.4, 0.5) is 0 Å². The smallest absolute Gasteiger partial charge is 0.267 e. The van der Waals surface area contributed by atoms with Gasteiger partial charge in [0.1, 0.15) is 5.82 Å². The summed E-state index contributed by atoms with van der Waals surface area (Å²) >= 11 is 0. The molecule has 2 heterocycles. The van der Waals surface area contributed by atoms with Crippen molar-refractivity contribution in [3.05, 3.63) is 71.6 Å². The van der Waals surface area contributed by atoms with Crippen molar-refractivity contribution in [2.75, 3.05) is 6.61 Å². The number of benzene rings is 2. The van der Waals surface area contributed by atoms with Crippen LogP contribution in [0.2, 0.25) is 0 Å². The Morgan fingerprint density at radius 1 is 1.17 bits per heavy atom. The molecule has 30 heavy (non-hydrogen) atoms. The van der Waals surface area contributed by atoms with Gasteiger partial charge in [0.15, 0.2) is 6.29 Å². The van der Waals surface area contributed by atoms with Crippen LogP contribution >= 0.6 is 0 Å². The van der Waals surface area contributed by atoms with Gasteiger partial charge in [-0.05, 0) is 55.0 Å². The second-order valence-electron chi connectivity index (χ2n) is 8.02. The molecule has 1 unspecified atom stereocenters. The van der Waals surface area contributed by atoms with E-state index < -0.39 is 0 Å². The number of hydrogen-bond acceptors (Lipinski definition) is 4. The van der Waals surface area contributed by atoms with Crippen LogP contribution in [-0.2, 0) is 19.8 Å². The summed E-state index contributed by atoms with van der Waals surface area (Å²) in [7, 11) is 0. The fraction of sp³-hybridized carbons (Fsp3) is 0.333. The normalized spacial score (nSPS) is 20.5. The monoisotopic (exact) mass is 403 g/mol. The molecule has 5 rings (SSSR count). The lowest BCUT2D eigenvalue weighted by molar-refractivity contribution is -0.198. The minimum Gasteiger partial charge on any atom is -0.350 e. The molecular formula is C24H25N3O3. The van der Waals surface area contributed by atoms with Gasteiger partial charge in [-0.15, -0.1) is 0 Å². The van der Waals surface area contributed by atoms with Gasteiger partial charge in [-0.2, -0.15) is 0 Å². The highest BCUT2D eigenvalue weighted by molar-refractivity contribution is 5.90. The molecule has 1 saturated carbocycles. The van der Waals surface area contributed by atoms with Gasteiger partial charge in [0.2, 0.25) is 0 Å². The molecule has 3 aromatic rings. The van der Waals surface area contributed by atoms with Gasteiger partial charge in [0.25, 0.3) is 5.91 Å². The highest BCUT2D eigenvalue weighted by Gasteiger charge is 2.48. The number of ether oxygens (including phenoxy) is 1. The fourth-order valence-electron chi connectivity index (χ4n) is 4.01. The van der Waals surface area contributed by atoms with Crippen molar-refractivity contribution in [3.63, 3.8) is 0 Å². The van der Waals surface area contributed by atoms with E-state index in [2.05, 4.69) is 28.7 Å². The summed E-state index contributed by atoms with van der Waals surface area (Å²) in [5.41, 5.74) is 6.71. The Labute approximate surface area is 175 Å².